The molecule has 0 aliphatic rings. The molecule has 0 radical (unpaired) electrons. The smallest absolute Gasteiger partial charge is 0.131 e. The van der Waals surface area contributed by atoms with E-state index in [4.69, 9.17) is 0 Å². The zero-order chi connectivity index (χ0) is 13.0. The van der Waals surface area contributed by atoms with Crippen LogP contribution in [0.2, 0.25) is 0 Å². The number of hydrogen-bond donors (Lipinski definition) is 2. The summed E-state index contributed by atoms with van der Waals surface area (Å²) in [6.07, 6.45) is 1.45. The molecule has 94 valence electrons. The lowest BCUT2D eigenvalue weighted by Gasteiger charge is -2.08. The van der Waals surface area contributed by atoms with Crippen LogP contribution in [-0.4, -0.2) is 17.0 Å². The molecule has 0 bridgehead atoms. The van der Waals surface area contributed by atoms with Gasteiger partial charge in [0.1, 0.15) is 23.8 Å². The van der Waals surface area contributed by atoms with Gasteiger partial charge in [-0.2, -0.15) is 0 Å². The van der Waals surface area contributed by atoms with Crippen LogP contribution in [0, 0.1) is 5.82 Å². The maximum atomic E-state index is 13.5. The van der Waals surface area contributed by atoms with Crippen molar-refractivity contribution in [2.45, 2.75) is 6.54 Å². The van der Waals surface area contributed by atoms with Crippen molar-refractivity contribution in [3.05, 3.63) is 46.4 Å². The van der Waals surface area contributed by atoms with Crippen molar-refractivity contribution in [2.24, 2.45) is 0 Å². The molecule has 6 heteroatoms. The van der Waals surface area contributed by atoms with Crippen LogP contribution in [0.1, 0.15) is 5.56 Å². The number of nitrogens with one attached hydrogen (secondary N) is 2. The predicted octanol–water partition coefficient (Wildman–Crippen LogP) is 3.03. The summed E-state index contributed by atoms with van der Waals surface area (Å²) in [6, 6.07) is 6.60. The summed E-state index contributed by atoms with van der Waals surface area (Å²) in [5.41, 5.74) is 0.578. The SMILES string of the molecule is CNc1cc(NCc2cc(Br)ccc2F)ncn1. The van der Waals surface area contributed by atoms with E-state index >= 15 is 0 Å². The maximum Gasteiger partial charge on any atom is 0.131 e. The van der Waals surface area contributed by atoms with Crippen LogP contribution in [0.4, 0.5) is 16.0 Å². The molecular weight excluding hydrogens is 299 g/mol. The molecule has 0 atom stereocenters. The van der Waals surface area contributed by atoms with Crippen LogP contribution < -0.4 is 10.6 Å². The van der Waals surface area contributed by atoms with Gasteiger partial charge in [-0.3, -0.25) is 0 Å². The molecule has 1 aromatic heterocycles. The topological polar surface area (TPSA) is 49.8 Å². The van der Waals surface area contributed by atoms with E-state index in [1.54, 1.807) is 25.2 Å². The molecule has 0 fully saturated rings. The molecule has 1 aromatic carbocycles. The van der Waals surface area contributed by atoms with Crippen molar-refractivity contribution in [3.8, 4) is 0 Å². The highest BCUT2D eigenvalue weighted by Gasteiger charge is 2.03. The standard InChI is InChI=1S/C12H12BrFN4/c1-15-11-5-12(18-7-17-11)16-6-8-4-9(13)2-3-10(8)14/h2-5,7H,6H2,1H3,(H2,15,16,17,18). The van der Waals surface area contributed by atoms with Gasteiger partial charge >= 0.3 is 0 Å². The van der Waals surface area contributed by atoms with Crippen molar-refractivity contribution in [1.82, 2.24) is 9.97 Å². The summed E-state index contributed by atoms with van der Waals surface area (Å²) in [7, 11) is 1.78. The Morgan fingerprint density at radius 2 is 2.00 bits per heavy atom. The minimum absolute atomic E-state index is 0.242. The van der Waals surface area contributed by atoms with E-state index in [1.807, 2.05) is 0 Å². The quantitative estimate of drug-likeness (QED) is 0.911. The van der Waals surface area contributed by atoms with Crippen LogP contribution in [0.15, 0.2) is 35.1 Å². The molecule has 0 amide bonds. The van der Waals surface area contributed by atoms with Crippen LogP contribution >= 0.6 is 15.9 Å². The minimum atomic E-state index is -0.242. The fraction of sp³-hybridized carbons (Fsp3) is 0.167. The zero-order valence-corrected chi connectivity index (χ0v) is 11.3. The number of anilines is 2. The Kier molecular flexibility index (Phi) is 4.09. The van der Waals surface area contributed by atoms with Crippen molar-refractivity contribution in [3.63, 3.8) is 0 Å². The fourth-order valence-electron chi connectivity index (χ4n) is 1.46. The first-order valence-electron chi connectivity index (χ1n) is 5.36. The third kappa shape index (κ3) is 3.16. The number of benzene rings is 1. The van der Waals surface area contributed by atoms with Crippen LogP contribution in [0.25, 0.3) is 0 Å². The van der Waals surface area contributed by atoms with Gasteiger partial charge < -0.3 is 10.6 Å². The number of rotatable bonds is 4. The van der Waals surface area contributed by atoms with E-state index < -0.39 is 0 Å². The molecule has 2 aromatic rings. The van der Waals surface area contributed by atoms with Crippen LogP contribution in [0.3, 0.4) is 0 Å². The van der Waals surface area contributed by atoms with Gasteiger partial charge in [0.05, 0.1) is 0 Å². The number of hydrogen-bond acceptors (Lipinski definition) is 4. The Bertz CT molecular complexity index is 547. The van der Waals surface area contributed by atoms with Crippen molar-refractivity contribution in [1.29, 1.82) is 0 Å². The third-order valence-electron chi connectivity index (χ3n) is 2.39. The van der Waals surface area contributed by atoms with Gasteiger partial charge in [0.2, 0.25) is 0 Å². The van der Waals surface area contributed by atoms with Crippen molar-refractivity contribution in [2.75, 3.05) is 17.7 Å². The number of halogens is 2. The van der Waals surface area contributed by atoms with E-state index in [0.29, 0.717) is 23.7 Å². The lowest BCUT2D eigenvalue weighted by molar-refractivity contribution is 0.612. The lowest BCUT2D eigenvalue weighted by atomic mass is 10.2. The molecule has 4 nitrogen and oxygen atoms in total. The molecule has 0 saturated heterocycles. The largest absolute Gasteiger partial charge is 0.373 e. The van der Waals surface area contributed by atoms with Gasteiger partial charge in [0.25, 0.3) is 0 Å². The summed E-state index contributed by atoms with van der Waals surface area (Å²) in [5, 5.41) is 5.97. The molecule has 18 heavy (non-hydrogen) atoms. The molecule has 0 unspecified atom stereocenters. The van der Waals surface area contributed by atoms with Crippen LogP contribution in [-0.2, 0) is 6.54 Å². The Morgan fingerprint density at radius 3 is 2.78 bits per heavy atom. The highest BCUT2D eigenvalue weighted by atomic mass is 79.9. The Morgan fingerprint density at radius 1 is 1.22 bits per heavy atom. The van der Waals surface area contributed by atoms with E-state index in [1.165, 1.54) is 12.4 Å². The van der Waals surface area contributed by atoms with Gasteiger partial charge in [-0.15, -0.1) is 0 Å². The average Bonchev–Trinajstić information content (AvgIpc) is 2.40. The first kappa shape index (κ1) is 12.8. The highest BCUT2D eigenvalue weighted by molar-refractivity contribution is 9.10. The molecule has 2 N–H and O–H groups in total. The van der Waals surface area contributed by atoms with Gasteiger partial charge in [0.15, 0.2) is 0 Å². The average molecular weight is 311 g/mol. The summed E-state index contributed by atoms with van der Waals surface area (Å²) in [6.45, 7) is 0.367. The van der Waals surface area contributed by atoms with E-state index in [0.717, 1.165) is 4.47 Å². The van der Waals surface area contributed by atoms with Crippen molar-refractivity contribution < 1.29 is 4.39 Å². The summed E-state index contributed by atoms with van der Waals surface area (Å²) in [4.78, 5) is 8.06. The Labute approximate surface area is 113 Å². The Hall–Kier alpha value is -1.69. The summed E-state index contributed by atoms with van der Waals surface area (Å²) >= 11 is 3.32. The molecule has 2 rings (SSSR count). The first-order valence-corrected chi connectivity index (χ1v) is 6.16. The van der Waals surface area contributed by atoms with Gasteiger partial charge in [-0.25, -0.2) is 14.4 Å². The minimum Gasteiger partial charge on any atom is -0.373 e. The second-order valence-electron chi connectivity index (χ2n) is 3.63. The normalized spacial score (nSPS) is 10.2. The molecule has 0 aliphatic heterocycles. The second-order valence-corrected chi connectivity index (χ2v) is 4.54. The summed E-state index contributed by atoms with van der Waals surface area (Å²) in [5.74, 6) is 1.12. The first-order chi connectivity index (χ1) is 8.69. The monoisotopic (exact) mass is 310 g/mol. The van der Waals surface area contributed by atoms with E-state index in [-0.39, 0.29) is 5.82 Å². The summed E-state index contributed by atoms with van der Waals surface area (Å²) < 4.78 is 14.4. The fourth-order valence-corrected chi connectivity index (χ4v) is 1.86. The van der Waals surface area contributed by atoms with E-state index in [9.17, 15) is 4.39 Å². The molecule has 0 aliphatic carbocycles. The van der Waals surface area contributed by atoms with Crippen molar-refractivity contribution >= 4 is 27.6 Å². The molecule has 0 saturated carbocycles. The van der Waals surface area contributed by atoms with E-state index in [2.05, 4.69) is 36.5 Å². The zero-order valence-electron chi connectivity index (χ0n) is 9.74. The second kappa shape index (κ2) is 5.77. The molecular formula is C12H12BrFN4. The lowest BCUT2D eigenvalue weighted by Crippen LogP contribution is -2.04. The molecule has 1 heterocycles. The predicted molar refractivity (Wildman–Crippen MR) is 73.0 cm³/mol. The van der Waals surface area contributed by atoms with Gasteiger partial charge in [0, 0.05) is 29.7 Å². The highest BCUT2D eigenvalue weighted by Crippen LogP contribution is 2.17. The number of aromatic nitrogens is 2. The van der Waals surface area contributed by atoms with Crippen LogP contribution in [0.5, 0.6) is 0 Å². The molecule has 0 spiro atoms. The third-order valence-corrected chi connectivity index (χ3v) is 2.88. The maximum absolute atomic E-state index is 13.5. The number of nitrogens with zero attached hydrogens (tertiary/aromatic N) is 2. The van der Waals surface area contributed by atoms with Gasteiger partial charge in [-0.1, -0.05) is 15.9 Å². The van der Waals surface area contributed by atoms with Gasteiger partial charge in [-0.05, 0) is 18.2 Å². The Balaban J connectivity index is 2.08.